The van der Waals surface area contributed by atoms with Gasteiger partial charge in [-0.3, -0.25) is 4.79 Å². The second-order valence-electron chi connectivity index (χ2n) is 5.82. The molecule has 122 valence electrons. The second kappa shape index (κ2) is 6.20. The van der Waals surface area contributed by atoms with Crippen LogP contribution in [0.15, 0.2) is 66.9 Å². The van der Waals surface area contributed by atoms with Crippen molar-refractivity contribution in [3.05, 3.63) is 78.1 Å². The Hall–Kier alpha value is -3.47. The van der Waals surface area contributed by atoms with Gasteiger partial charge in [0.15, 0.2) is 11.5 Å². The fourth-order valence-corrected chi connectivity index (χ4v) is 2.56. The zero-order chi connectivity index (χ0) is 17.2. The lowest BCUT2D eigenvalue weighted by molar-refractivity contribution is 0.102. The lowest BCUT2D eigenvalue weighted by Gasteiger charge is -2.08. The molecule has 1 aliphatic rings. The van der Waals surface area contributed by atoms with Gasteiger partial charge in [-0.25, -0.2) is 9.97 Å². The Bertz CT molecular complexity index is 963. The molecule has 5 nitrogen and oxygen atoms in total. The van der Waals surface area contributed by atoms with Crippen LogP contribution in [0.1, 0.15) is 22.5 Å². The smallest absolute Gasteiger partial charge is 0.278 e. The van der Waals surface area contributed by atoms with Gasteiger partial charge in [0.1, 0.15) is 0 Å². The van der Waals surface area contributed by atoms with Crippen LogP contribution in [0.2, 0.25) is 0 Å². The Morgan fingerprint density at radius 2 is 1.68 bits per heavy atom. The van der Waals surface area contributed by atoms with Gasteiger partial charge in [-0.1, -0.05) is 48.5 Å². The van der Waals surface area contributed by atoms with Crippen LogP contribution in [0.3, 0.4) is 0 Å². The highest BCUT2D eigenvalue weighted by atomic mass is 16.1. The number of amides is 1. The Labute approximate surface area is 145 Å². The molecule has 4 rings (SSSR count). The van der Waals surface area contributed by atoms with E-state index in [0.29, 0.717) is 11.4 Å². The van der Waals surface area contributed by atoms with Crippen molar-refractivity contribution in [1.82, 2.24) is 9.97 Å². The van der Waals surface area contributed by atoms with E-state index in [0.717, 1.165) is 12.0 Å². The topological polar surface area (TPSA) is 80.9 Å². The molecule has 5 heteroatoms. The third-order valence-electron chi connectivity index (χ3n) is 4.01. The molecule has 2 aromatic carbocycles. The number of carbonyl (C=O) groups excluding carboxylic acids is 1. The van der Waals surface area contributed by atoms with E-state index in [-0.39, 0.29) is 17.4 Å². The summed E-state index contributed by atoms with van der Waals surface area (Å²) in [5.41, 5.74) is 10.7. The Morgan fingerprint density at radius 3 is 2.36 bits per heavy atom. The number of benzene rings is 2. The number of carbonyl (C=O) groups is 1. The molecule has 1 aliphatic carbocycles. The Morgan fingerprint density at radius 1 is 1.00 bits per heavy atom. The molecule has 0 aliphatic heterocycles. The highest BCUT2D eigenvalue weighted by Gasteiger charge is 2.15. The van der Waals surface area contributed by atoms with Crippen LogP contribution in [0.5, 0.6) is 0 Å². The van der Waals surface area contributed by atoms with E-state index in [1.165, 1.54) is 11.1 Å². The largest absolute Gasteiger partial charge is 0.382 e. The number of nitrogens with one attached hydrogen (secondary N) is 1. The first kappa shape index (κ1) is 15.1. The number of nitrogen functional groups attached to an aromatic ring is 1. The fraction of sp³-hybridized carbons (Fsp3) is 0.0500. The summed E-state index contributed by atoms with van der Waals surface area (Å²) >= 11 is 0. The van der Waals surface area contributed by atoms with Gasteiger partial charge >= 0.3 is 0 Å². The minimum Gasteiger partial charge on any atom is -0.382 e. The van der Waals surface area contributed by atoms with Gasteiger partial charge < -0.3 is 11.1 Å². The van der Waals surface area contributed by atoms with Crippen LogP contribution >= 0.6 is 0 Å². The van der Waals surface area contributed by atoms with Crippen LogP contribution < -0.4 is 11.1 Å². The van der Waals surface area contributed by atoms with Gasteiger partial charge in [0.2, 0.25) is 0 Å². The summed E-state index contributed by atoms with van der Waals surface area (Å²) in [5.74, 6) is -0.269. The first-order chi connectivity index (χ1) is 12.2. The van der Waals surface area contributed by atoms with E-state index in [1.54, 1.807) is 18.3 Å². The molecule has 1 heterocycles. The number of hydrogen-bond donors (Lipinski definition) is 2. The molecule has 0 bridgehead atoms. The number of nitrogens with two attached hydrogens (primary N) is 1. The third-order valence-corrected chi connectivity index (χ3v) is 4.01. The standard InChI is InChI=1S/C20H16N4O/c21-19-18(20(25)23-16-4-2-1-3-5-16)24-17(12-22-19)15-10-8-14(9-11-15)13-6-7-13/h1-6,8-12H,7H2,(H2,21,22)(H,23,25). The molecule has 0 saturated carbocycles. The predicted molar refractivity (Wildman–Crippen MR) is 98.9 cm³/mol. The maximum absolute atomic E-state index is 12.5. The monoisotopic (exact) mass is 328 g/mol. The molecule has 1 amide bonds. The number of rotatable bonds is 4. The average molecular weight is 328 g/mol. The summed E-state index contributed by atoms with van der Waals surface area (Å²) < 4.78 is 0. The van der Waals surface area contributed by atoms with Crippen LogP contribution in [-0.4, -0.2) is 15.9 Å². The molecular formula is C20H16N4O. The zero-order valence-corrected chi connectivity index (χ0v) is 13.4. The fourth-order valence-electron chi connectivity index (χ4n) is 2.56. The van der Waals surface area contributed by atoms with Gasteiger partial charge in [-0.05, 0) is 29.7 Å². The van der Waals surface area contributed by atoms with Gasteiger partial charge in [0, 0.05) is 11.3 Å². The summed E-state index contributed by atoms with van der Waals surface area (Å²) in [6.45, 7) is 0. The maximum Gasteiger partial charge on any atom is 0.278 e. The molecule has 0 atom stereocenters. The van der Waals surface area contributed by atoms with Gasteiger partial charge in [0.25, 0.3) is 5.91 Å². The lowest BCUT2D eigenvalue weighted by Crippen LogP contribution is -2.17. The first-order valence-corrected chi connectivity index (χ1v) is 7.99. The van der Waals surface area contributed by atoms with Crippen LogP contribution in [0, 0.1) is 0 Å². The maximum atomic E-state index is 12.5. The molecule has 0 spiro atoms. The number of allylic oxidation sites excluding steroid dienone is 2. The van der Waals surface area contributed by atoms with Crippen LogP contribution in [0.4, 0.5) is 11.5 Å². The van der Waals surface area contributed by atoms with E-state index in [4.69, 9.17) is 5.73 Å². The summed E-state index contributed by atoms with van der Waals surface area (Å²) in [4.78, 5) is 21.0. The van der Waals surface area contributed by atoms with Crippen molar-refractivity contribution in [3.63, 3.8) is 0 Å². The lowest BCUT2D eigenvalue weighted by atomic mass is 10.1. The van der Waals surface area contributed by atoms with Crippen molar-refractivity contribution in [1.29, 1.82) is 0 Å². The molecule has 0 unspecified atom stereocenters. The molecule has 0 fully saturated rings. The van der Waals surface area contributed by atoms with Crippen molar-refractivity contribution in [3.8, 4) is 11.3 Å². The zero-order valence-electron chi connectivity index (χ0n) is 13.4. The molecule has 25 heavy (non-hydrogen) atoms. The summed E-state index contributed by atoms with van der Waals surface area (Å²) in [5, 5.41) is 2.78. The van der Waals surface area contributed by atoms with E-state index in [1.807, 2.05) is 30.3 Å². The Kier molecular flexibility index (Phi) is 3.74. The van der Waals surface area contributed by atoms with Crippen molar-refractivity contribution < 1.29 is 4.79 Å². The van der Waals surface area contributed by atoms with Crippen molar-refractivity contribution >= 4 is 23.0 Å². The highest BCUT2D eigenvalue weighted by molar-refractivity contribution is 6.05. The number of para-hydroxylation sites is 1. The van der Waals surface area contributed by atoms with Gasteiger partial charge in [-0.2, -0.15) is 0 Å². The SMILES string of the molecule is Nc1ncc(-c2ccc(C3=CC3)cc2)nc1C(=O)Nc1ccccc1. The van der Waals surface area contributed by atoms with E-state index >= 15 is 0 Å². The van der Waals surface area contributed by atoms with Crippen LogP contribution in [0.25, 0.3) is 16.8 Å². The molecule has 1 aromatic heterocycles. The molecule has 3 N–H and O–H groups in total. The van der Waals surface area contributed by atoms with Crippen molar-refractivity contribution in [2.24, 2.45) is 0 Å². The number of hydrogen-bond acceptors (Lipinski definition) is 4. The molecular weight excluding hydrogens is 312 g/mol. The van der Waals surface area contributed by atoms with Crippen LogP contribution in [-0.2, 0) is 0 Å². The minimum atomic E-state index is -0.377. The number of anilines is 2. The normalized spacial score (nSPS) is 12.4. The van der Waals surface area contributed by atoms with Gasteiger partial charge in [-0.15, -0.1) is 0 Å². The van der Waals surface area contributed by atoms with Crippen molar-refractivity contribution in [2.45, 2.75) is 6.42 Å². The first-order valence-electron chi connectivity index (χ1n) is 7.99. The molecule has 3 aromatic rings. The van der Waals surface area contributed by atoms with Crippen molar-refractivity contribution in [2.75, 3.05) is 11.1 Å². The predicted octanol–water partition coefficient (Wildman–Crippen LogP) is 3.77. The second-order valence-corrected chi connectivity index (χ2v) is 5.82. The molecule has 0 saturated heterocycles. The summed E-state index contributed by atoms with van der Waals surface area (Å²) in [6, 6.07) is 17.2. The quantitative estimate of drug-likeness (QED) is 0.764. The van der Waals surface area contributed by atoms with Gasteiger partial charge in [0.05, 0.1) is 11.9 Å². The highest BCUT2D eigenvalue weighted by Crippen LogP contribution is 2.31. The summed E-state index contributed by atoms with van der Waals surface area (Å²) in [7, 11) is 0. The number of nitrogens with zero attached hydrogens (tertiary/aromatic N) is 2. The summed E-state index contributed by atoms with van der Waals surface area (Å²) in [6.07, 6.45) is 4.83. The third kappa shape index (κ3) is 3.26. The van der Waals surface area contributed by atoms with E-state index in [2.05, 4.69) is 33.5 Å². The number of aromatic nitrogens is 2. The van der Waals surface area contributed by atoms with E-state index in [9.17, 15) is 4.79 Å². The minimum absolute atomic E-state index is 0.108. The van der Waals surface area contributed by atoms with E-state index < -0.39 is 0 Å². The molecule has 0 radical (unpaired) electrons. The average Bonchev–Trinajstić information content (AvgIpc) is 3.48. The Balaban J connectivity index is 1.61.